The smallest absolute Gasteiger partial charge is 0.224 e. The monoisotopic (exact) mass is 350 g/mol. The normalized spacial score (nSPS) is 11.0. The Bertz CT molecular complexity index is 1130. The first-order chi connectivity index (χ1) is 12.5. The fourth-order valence-corrected chi connectivity index (χ4v) is 2.44. The molecule has 0 amide bonds. The van der Waals surface area contributed by atoms with E-state index in [-0.39, 0.29) is 17.6 Å². The molecule has 9 heteroatoms. The third-order valence-electron chi connectivity index (χ3n) is 3.61. The van der Waals surface area contributed by atoms with Gasteiger partial charge in [-0.15, -0.1) is 0 Å². The standard InChI is InChI=1S/C17H14N6O3/c1-9-6-7-12(25-9)15-21-17(18)22-16-13(8-19-23(15)16)26-14-5-3-4-11(20-14)10(2)24/h3-8H,1-2H3,(H2,18,22). The predicted molar refractivity (Wildman–Crippen MR) is 91.9 cm³/mol. The zero-order chi connectivity index (χ0) is 18.3. The van der Waals surface area contributed by atoms with Crippen LogP contribution in [0, 0.1) is 6.92 Å². The quantitative estimate of drug-likeness (QED) is 0.557. The average Bonchev–Trinajstić information content (AvgIpc) is 3.21. The Morgan fingerprint density at radius 1 is 1.19 bits per heavy atom. The number of carbonyl (C=O) groups excluding carboxylic acids is 1. The van der Waals surface area contributed by atoms with E-state index in [1.165, 1.54) is 17.6 Å². The molecule has 0 spiro atoms. The van der Waals surface area contributed by atoms with Crippen molar-refractivity contribution in [3.05, 3.63) is 48.0 Å². The molecule has 130 valence electrons. The molecular formula is C17H14N6O3. The Hall–Kier alpha value is -3.75. The molecular weight excluding hydrogens is 336 g/mol. The number of pyridine rings is 1. The summed E-state index contributed by atoms with van der Waals surface area (Å²) in [4.78, 5) is 24.0. The van der Waals surface area contributed by atoms with Gasteiger partial charge in [0.1, 0.15) is 11.5 Å². The number of nitrogens with two attached hydrogens (primary N) is 1. The van der Waals surface area contributed by atoms with Crippen molar-refractivity contribution in [2.45, 2.75) is 13.8 Å². The van der Waals surface area contributed by atoms with Crippen LogP contribution in [0.4, 0.5) is 5.95 Å². The van der Waals surface area contributed by atoms with Gasteiger partial charge in [0.2, 0.25) is 23.3 Å². The van der Waals surface area contributed by atoms with Gasteiger partial charge in [-0.3, -0.25) is 4.79 Å². The van der Waals surface area contributed by atoms with Crippen LogP contribution in [0.25, 0.3) is 17.2 Å². The highest BCUT2D eigenvalue weighted by Crippen LogP contribution is 2.28. The highest BCUT2D eigenvalue weighted by atomic mass is 16.5. The molecule has 0 bridgehead atoms. The summed E-state index contributed by atoms with van der Waals surface area (Å²) in [5, 5.41) is 4.26. The van der Waals surface area contributed by atoms with Crippen molar-refractivity contribution in [2.75, 3.05) is 5.73 Å². The van der Waals surface area contributed by atoms with Gasteiger partial charge in [-0.05, 0) is 25.1 Å². The lowest BCUT2D eigenvalue weighted by atomic mass is 10.3. The fourth-order valence-electron chi connectivity index (χ4n) is 2.44. The van der Waals surface area contributed by atoms with Crippen LogP contribution in [0.15, 0.2) is 40.9 Å². The predicted octanol–water partition coefficient (Wildman–Crippen LogP) is 2.66. The van der Waals surface area contributed by atoms with Crippen LogP contribution in [0.3, 0.4) is 0 Å². The van der Waals surface area contributed by atoms with Gasteiger partial charge in [0, 0.05) is 13.0 Å². The number of nitrogens with zero attached hydrogens (tertiary/aromatic N) is 5. The number of ether oxygens (including phenoxy) is 1. The summed E-state index contributed by atoms with van der Waals surface area (Å²) in [6.07, 6.45) is 1.48. The lowest BCUT2D eigenvalue weighted by molar-refractivity contribution is 0.101. The van der Waals surface area contributed by atoms with Crippen LogP contribution in [0.2, 0.25) is 0 Å². The zero-order valence-electron chi connectivity index (χ0n) is 14.0. The first-order valence-electron chi connectivity index (χ1n) is 7.75. The van der Waals surface area contributed by atoms with E-state index in [9.17, 15) is 4.79 Å². The van der Waals surface area contributed by atoms with E-state index in [0.717, 1.165) is 5.76 Å². The van der Waals surface area contributed by atoms with Crippen molar-refractivity contribution in [2.24, 2.45) is 0 Å². The molecule has 0 aromatic carbocycles. The maximum Gasteiger partial charge on any atom is 0.224 e. The summed E-state index contributed by atoms with van der Waals surface area (Å²) in [5.74, 6) is 2.12. The van der Waals surface area contributed by atoms with Crippen molar-refractivity contribution in [1.82, 2.24) is 24.6 Å². The molecule has 0 fully saturated rings. The van der Waals surface area contributed by atoms with Crippen LogP contribution in [0.1, 0.15) is 23.2 Å². The second-order valence-corrected chi connectivity index (χ2v) is 5.58. The highest BCUT2D eigenvalue weighted by molar-refractivity contribution is 5.92. The minimum absolute atomic E-state index is 0.0531. The first kappa shape index (κ1) is 15.8. The Morgan fingerprint density at radius 3 is 2.77 bits per heavy atom. The van der Waals surface area contributed by atoms with Crippen molar-refractivity contribution >= 4 is 17.4 Å². The lowest BCUT2D eigenvalue weighted by Gasteiger charge is -2.05. The molecule has 26 heavy (non-hydrogen) atoms. The van der Waals surface area contributed by atoms with Crippen molar-refractivity contribution in [3.63, 3.8) is 0 Å². The van der Waals surface area contributed by atoms with E-state index >= 15 is 0 Å². The molecule has 0 unspecified atom stereocenters. The number of aryl methyl sites for hydroxylation is 1. The van der Waals surface area contributed by atoms with Crippen molar-refractivity contribution < 1.29 is 13.9 Å². The van der Waals surface area contributed by atoms with E-state index in [1.54, 1.807) is 24.3 Å². The number of hydrogen-bond donors (Lipinski definition) is 1. The molecule has 9 nitrogen and oxygen atoms in total. The Balaban J connectivity index is 1.79. The third kappa shape index (κ3) is 2.75. The summed E-state index contributed by atoms with van der Waals surface area (Å²) in [6.45, 7) is 3.27. The number of carbonyl (C=O) groups is 1. The number of aromatic nitrogens is 5. The topological polar surface area (TPSA) is 121 Å². The number of Topliss-reactive ketones (excluding diaryl/α,β-unsaturated/α-hetero) is 1. The van der Waals surface area contributed by atoms with Gasteiger partial charge >= 0.3 is 0 Å². The molecule has 0 aliphatic rings. The second-order valence-electron chi connectivity index (χ2n) is 5.58. The summed E-state index contributed by atoms with van der Waals surface area (Å²) < 4.78 is 12.8. The van der Waals surface area contributed by atoms with Gasteiger partial charge < -0.3 is 14.9 Å². The number of fused-ring (bicyclic) bond motifs is 1. The molecule has 0 atom stereocenters. The summed E-state index contributed by atoms with van der Waals surface area (Å²) in [5.41, 5.74) is 6.50. The van der Waals surface area contributed by atoms with Crippen LogP contribution >= 0.6 is 0 Å². The van der Waals surface area contributed by atoms with E-state index < -0.39 is 0 Å². The van der Waals surface area contributed by atoms with Crippen molar-refractivity contribution in [1.29, 1.82) is 0 Å². The van der Waals surface area contributed by atoms with Crippen LogP contribution in [-0.2, 0) is 0 Å². The van der Waals surface area contributed by atoms with Crippen LogP contribution in [0.5, 0.6) is 11.6 Å². The maximum absolute atomic E-state index is 11.5. The Morgan fingerprint density at radius 2 is 2.04 bits per heavy atom. The van der Waals surface area contributed by atoms with E-state index in [2.05, 4.69) is 20.1 Å². The number of anilines is 1. The molecule has 4 heterocycles. The van der Waals surface area contributed by atoms with Crippen LogP contribution < -0.4 is 10.5 Å². The Kier molecular flexibility index (Phi) is 3.61. The third-order valence-corrected chi connectivity index (χ3v) is 3.61. The molecule has 2 N–H and O–H groups in total. The van der Waals surface area contributed by atoms with E-state index in [4.69, 9.17) is 14.9 Å². The average molecular weight is 350 g/mol. The van der Waals surface area contributed by atoms with Gasteiger partial charge in [-0.25, -0.2) is 4.98 Å². The van der Waals surface area contributed by atoms with Crippen LogP contribution in [-0.4, -0.2) is 30.3 Å². The van der Waals surface area contributed by atoms with Gasteiger partial charge in [-0.1, -0.05) is 6.07 Å². The molecule has 4 aromatic heterocycles. The summed E-state index contributed by atoms with van der Waals surface area (Å²) >= 11 is 0. The minimum Gasteiger partial charge on any atom is -0.458 e. The van der Waals surface area contributed by atoms with Gasteiger partial charge in [0.05, 0.1) is 6.20 Å². The molecule has 4 aromatic rings. The SMILES string of the molecule is CC(=O)c1cccc(Oc2cnn3c(-c4ccc(C)o4)nc(N)nc23)n1. The molecule has 0 radical (unpaired) electrons. The van der Waals surface area contributed by atoms with Gasteiger partial charge in [-0.2, -0.15) is 19.6 Å². The molecule has 0 aliphatic carbocycles. The zero-order valence-corrected chi connectivity index (χ0v) is 14.0. The summed E-state index contributed by atoms with van der Waals surface area (Å²) in [6, 6.07) is 8.53. The molecule has 0 saturated carbocycles. The number of rotatable bonds is 4. The largest absolute Gasteiger partial charge is 0.458 e. The second kappa shape index (κ2) is 5.96. The highest BCUT2D eigenvalue weighted by Gasteiger charge is 2.17. The minimum atomic E-state index is -0.155. The Labute approximate surface area is 147 Å². The number of furan rings is 1. The number of hydrogen-bond acceptors (Lipinski definition) is 8. The van der Waals surface area contributed by atoms with Gasteiger partial charge in [0.15, 0.2) is 17.3 Å². The van der Waals surface area contributed by atoms with Crippen molar-refractivity contribution in [3.8, 4) is 23.2 Å². The number of ketones is 1. The van der Waals surface area contributed by atoms with E-state index in [0.29, 0.717) is 28.7 Å². The first-order valence-corrected chi connectivity index (χ1v) is 7.75. The molecule has 0 aliphatic heterocycles. The molecule has 0 saturated heterocycles. The number of nitrogen functional groups attached to an aromatic ring is 1. The molecule has 4 rings (SSSR count). The van der Waals surface area contributed by atoms with E-state index in [1.807, 2.05) is 13.0 Å². The lowest BCUT2D eigenvalue weighted by Crippen LogP contribution is -2.04. The summed E-state index contributed by atoms with van der Waals surface area (Å²) in [7, 11) is 0. The maximum atomic E-state index is 11.5. The fraction of sp³-hybridized carbons (Fsp3) is 0.118. The van der Waals surface area contributed by atoms with Gasteiger partial charge in [0.25, 0.3) is 0 Å².